The minimum absolute atomic E-state index is 0.159. The second-order valence-corrected chi connectivity index (χ2v) is 8.45. The number of hydrogen-bond donors (Lipinski definition) is 1. The van der Waals surface area contributed by atoms with Gasteiger partial charge in [-0.15, -0.1) is 0 Å². The second-order valence-electron chi connectivity index (χ2n) is 8.45. The Bertz CT molecular complexity index is 915. The highest BCUT2D eigenvalue weighted by molar-refractivity contribution is 5.90. The summed E-state index contributed by atoms with van der Waals surface area (Å²) in [4.78, 5) is 18.3. The molecule has 1 atom stereocenters. The zero-order valence-corrected chi connectivity index (χ0v) is 17.5. The molecule has 0 aromatic heterocycles. The Morgan fingerprint density at radius 2 is 2.04 bits per heavy atom. The van der Waals surface area contributed by atoms with Gasteiger partial charge in [0, 0.05) is 24.0 Å². The van der Waals surface area contributed by atoms with Crippen LogP contribution in [0, 0.1) is 6.92 Å². The molecule has 0 fully saturated rings. The molecule has 1 N–H and O–H groups in total. The molecule has 4 heteroatoms. The summed E-state index contributed by atoms with van der Waals surface area (Å²) >= 11 is 0. The Balaban J connectivity index is 1.94. The minimum Gasteiger partial charge on any atom is -0.478 e. The SMILES string of the molecule is CCCN1c2ccc(C=Nc3cc(C(=O)O)ccc3C)cc2C(C)CC1(C)C. The third-order valence-electron chi connectivity index (χ3n) is 5.67. The number of nitrogens with zero attached hydrogens (tertiary/aromatic N) is 2. The van der Waals surface area contributed by atoms with E-state index in [1.165, 1.54) is 11.3 Å². The van der Waals surface area contributed by atoms with Gasteiger partial charge in [0.05, 0.1) is 11.3 Å². The molecule has 3 rings (SSSR count). The summed E-state index contributed by atoms with van der Waals surface area (Å²) in [7, 11) is 0. The van der Waals surface area contributed by atoms with E-state index in [1.807, 2.05) is 13.1 Å². The average molecular weight is 379 g/mol. The molecule has 0 aliphatic carbocycles. The Morgan fingerprint density at radius 3 is 2.71 bits per heavy atom. The fourth-order valence-electron chi connectivity index (χ4n) is 4.26. The number of benzene rings is 2. The van der Waals surface area contributed by atoms with Crippen LogP contribution < -0.4 is 4.90 Å². The summed E-state index contributed by atoms with van der Waals surface area (Å²) in [6.07, 6.45) is 4.09. The van der Waals surface area contributed by atoms with Crippen molar-refractivity contribution in [1.82, 2.24) is 0 Å². The van der Waals surface area contributed by atoms with E-state index in [0.29, 0.717) is 11.6 Å². The largest absolute Gasteiger partial charge is 0.478 e. The Kier molecular flexibility index (Phi) is 5.59. The number of aromatic carboxylic acids is 1. The van der Waals surface area contributed by atoms with Crippen LogP contribution in [-0.4, -0.2) is 29.4 Å². The third kappa shape index (κ3) is 3.96. The lowest BCUT2D eigenvalue weighted by Gasteiger charge is -2.47. The van der Waals surface area contributed by atoms with E-state index in [9.17, 15) is 9.90 Å². The number of anilines is 1. The van der Waals surface area contributed by atoms with E-state index in [0.717, 1.165) is 30.5 Å². The van der Waals surface area contributed by atoms with Crippen molar-refractivity contribution in [3.63, 3.8) is 0 Å². The number of carboxylic acid groups (broad SMARTS) is 1. The zero-order chi connectivity index (χ0) is 20.5. The summed E-state index contributed by atoms with van der Waals surface area (Å²) in [6, 6.07) is 11.6. The van der Waals surface area contributed by atoms with Crippen LogP contribution in [0.15, 0.2) is 41.4 Å². The van der Waals surface area contributed by atoms with Gasteiger partial charge in [0.25, 0.3) is 0 Å². The van der Waals surface area contributed by atoms with Gasteiger partial charge in [0.15, 0.2) is 0 Å². The predicted molar refractivity (Wildman–Crippen MR) is 117 cm³/mol. The second kappa shape index (κ2) is 7.78. The molecule has 148 valence electrons. The molecule has 2 aromatic carbocycles. The van der Waals surface area contributed by atoms with Crippen LogP contribution in [0.3, 0.4) is 0 Å². The van der Waals surface area contributed by atoms with Gasteiger partial charge < -0.3 is 10.0 Å². The first-order chi connectivity index (χ1) is 13.2. The first-order valence-corrected chi connectivity index (χ1v) is 10.0. The molecule has 0 saturated carbocycles. The quantitative estimate of drug-likeness (QED) is 0.655. The summed E-state index contributed by atoms with van der Waals surface area (Å²) in [6.45, 7) is 12.2. The Hall–Kier alpha value is -2.62. The van der Waals surface area contributed by atoms with Crippen LogP contribution in [0.25, 0.3) is 0 Å². The highest BCUT2D eigenvalue weighted by Crippen LogP contribution is 2.43. The van der Waals surface area contributed by atoms with Gasteiger partial charge in [-0.3, -0.25) is 4.99 Å². The maximum absolute atomic E-state index is 11.2. The molecular weight excluding hydrogens is 348 g/mol. The van der Waals surface area contributed by atoms with Gasteiger partial charge in [-0.05, 0) is 80.5 Å². The highest BCUT2D eigenvalue weighted by atomic mass is 16.4. The minimum atomic E-state index is -0.933. The molecule has 1 aliphatic rings. The molecule has 2 aromatic rings. The molecule has 4 nitrogen and oxygen atoms in total. The number of hydrogen-bond acceptors (Lipinski definition) is 3. The van der Waals surface area contributed by atoms with Crippen molar-refractivity contribution < 1.29 is 9.90 Å². The van der Waals surface area contributed by atoms with E-state index in [-0.39, 0.29) is 11.1 Å². The van der Waals surface area contributed by atoms with Crippen molar-refractivity contribution in [3.8, 4) is 0 Å². The maximum atomic E-state index is 11.2. The maximum Gasteiger partial charge on any atom is 0.335 e. The van der Waals surface area contributed by atoms with E-state index < -0.39 is 5.97 Å². The van der Waals surface area contributed by atoms with Crippen molar-refractivity contribution in [1.29, 1.82) is 0 Å². The molecule has 1 heterocycles. The monoisotopic (exact) mass is 378 g/mol. The predicted octanol–water partition coefficient (Wildman–Crippen LogP) is 5.95. The van der Waals surface area contributed by atoms with Crippen molar-refractivity contribution in [3.05, 3.63) is 58.7 Å². The highest BCUT2D eigenvalue weighted by Gasteiger charge is 2.35. The summed E-state index contributed by atoms with van der Waals surface area (Å²) in [5, 5.41) is 9.20. The number of aryl methyl sites for hydroxylation is 1. The smallest absolute Gasteiger partial charge is 0.335 e. The van der Waals surface area contributed by atoms with Gasteiger partial charge in [-0.1, -0.05) is 26.0 Å². The molecule has 0 saturated heterocycles. The number of rotatable bonds is 5. The summed E-state index contributed by atoms with van der Waals surface area (Å²) < 4.78 is 0. The van der Waals surface area contributed by atoms with Crippen molar-refractivity contribution in [2.45, 2.75) is 58.9 Å². The van der Waals surface area contributed by atoms with Gasteiger partial charge in [-0.2, -0.15) is 0 Å². The summed E-state index contributed by atoms with van der Waals surface area (Å²) in [5.74, 6) is -0.443. The van der Waals surface area contributed by atoms with Crippen LogP contribution in [-0.2, 0) is 0 Å². The van der Waals surface area contributed by atoms with E-state index in [4.69, 9.17) is 0 Å². The Labute approximate surface area is 167 Å². The van der Waals surface area contributed by atoms with E-state index in [1.54, 1.807) is 18.2 Å². The summed E-state index contributed by atoms with van der Waals surface area (Å²) in [5.41, 5.74) is 5.81. The standard InChI is InChI=1S/C24H30N2O2/c1-6-11-26-22-10-8-18(12-20(22)17(3)14-24(26,4)5)15-25-21-13-19(23(27)28)9-7-16(21)2/h7-10,12-13,15,17H,6,11,14H2,1-5H3,(H,27,28). The number of carboxylic acids is 1. The number of aliphatic imine (C=N–C) groups is 1. The average Bonchev–Trinajstić information content (AvgIpc) is 2.64. The van der Waals surface area contributed by atoms with Crippen LogP contribution in [0.1, 0.15) is 73.5 Å². The molecule has 0 radical (unpaired) electrons. The molecular formula is C24H30N2O2. The lowest BCUT2D eigenvalue weighted by Crippen LogP contribution is -2.48. The molecule has 28 heavy (non-hydrogen) atoms. The van der Waals surface area contributed by atoms with Gasteiger partial charge in [0.2, 0.25) is 0 Å². The molecule has 0 bridgehead atoms. The van der Waals surface area contributed by atoms with Crippen LogP contribution in [0.5, 0.6) is 0 Å². The fraction of sp³-hybridized carbons (Fsp3) is 0.417. The molecule has 0 amide bonds. The molecule has 1 unspecified atom stereocenters. The molecule has 0 spiro atoms. The van der Waals surface area contributed by atoms with E-state index in [2.05, 4.69) is 55.8 Å². The number of carbonyl (C=O) groups is 1. The first kappa shape index (κ1) is 20.1. The normalized spacial score (nSPS) is 18.3. The van der Waals surface area contributed by atoms with Crippen molar-refractivity contribution in [2.24, 2.45) is 4.99 Å². The lowest BCUT2D eigenvalue weighted by atomic mass is 9.79. The van der Waals surface area contributed by atoms with Crippen molar-refractivity contribution in [2.75, 3.05) is 11.4 Å². The van der Waals surface area contributed by atoms with Crippen LogP contribution in [0.4, 0.5) is 11.4 Å². The van der Waals surface area contributed by atoms with E-state index >= 15 is 0 Å². The fourth-order valence-corrected chi connectivity index (χ4v) is 4.26. The van der Waals surface area contributed by atoms with Gasteiger partial charge in [0.1, 0.15) is 0 Å². The van der Waals surface area contributed by atoms with Gasteiger partial charge >= 0.3 is 5.97 Å². The van der Waals surface area contributed by atoms with Gasteiger partial charge in [-0.25, -0.2) is 4.79 Å². The lowest BCUT2D eigenvalue weighted by molar-refractivity contribution is 0.0697. The molecule has 1 aliphatic heterocycles. The third-order valence-corrected chi connectivity index (χ3v) is 5.67. The number of fused-ring (bicyclic) bond motifs is 1. The topological polar surface area (TPSA) is 52.9 Å². The zero-order valence-electron chi connectivity index (χ0n) is 17.5. The first-order valence-electron chi connectivity index (χ1n) is 10.0. The van der Waals surface area contributed by atoms with Crippen molar-refractivity contribution >= 4 is 23.6 Å². The van der Waals surface area contributed by atoms with Crippen LogP contribution >= 0.6 is 0 Å². The Morgan fingerprint density at radius 1 is 1.29 bits per heavy atom. The van der Waals surface area contributed by atoms with Crippen LogP contribution in [0.2, 0.25) is 0 Å².